The van der Waals surface area contributed by atoms with Gasteiger partial charge in [-0.25, -0.2) is 0 Å². The van der Waals surface area contributed by atoms with Gasteiger partial charge in [0, 0.05) is 6.42 Å². The number of hydrogen-bond donors (Lipinski definition) is 1. The van der Waals surface area contributed by atoms with Crippen LogP contribution >= 0.6 is 23.5 Å². The molecule has 0 saturated carbocycles. The molecule has 0 bridgehead atoms. The third-order valence-electron chi connectivity index (χ3n) is 3.23. The van der Waals surface area contributed by atoms with Gasteiger partial charge in [0.1, 0.15) is 0 Å². The van der Waals surface area contributed by atoms with E-state index in [1.54, 1.807) is 0 Å². The van der Waals surface area contributed by atoms with E-state index in [1.807, 2.05) is 41.7 Å². The molecule has 0 aliphatic carbocycles. The second kappa shape index (κ2) is 6.17. The maximum atomic E-state index is 10.9. The Labute approximate surface area is 112 Å². The standard InChI is InChI=1S/C14H20OS2/c1-2-14(15,13-16-9-6-10-17-13)11-12-7-4-3-5-8-12/h3-5,7-8,13,15H,2,6,9-11H2,1H3. The van der Waals surface area contributed by atoms with E-state index in [2.05, 4.69) is 19.1 Å². The van der Waals surface area contributed by atoms with Crippen LogP contribution in [0.2, 0.25) is 0 Å². The van der Waals surface area contributed by atoms with Crippen molar-refractivity contribution in [2.45, 2.75) is 36.4 Å². The summed E-state index contributed by atoms with van der Waals surface area (Å²) in [5, 5.41) is 10.9. The maximum absolute atomic E-state index is 10.9. The monoisotopic (exact) mass is 268 g/mol. The first-order chi connectivity index (χ1) is 8.24. The highest BCUT2D eigenvalue weighted by Crippen LogP contribution is 2.41. The average molecular weight is 268 g/mol. The Balaban J connectivity index is 2.07. The molecule has 1 aliphatic rings. The molecule has 1 N–H and O–H groups in total. The zero-order chi connectivity index (χ0) is 12.1. The number of thioether (sulfide) groups is 2. The molecule has 1 aliphatic heterocycles. The predicted octanol–water partition coefficient (Wildman–Crippen LogP) is 3.57. The number of aliphatic hydroxyl groups is 1. The zero-order valence-corrected chi connectivity index (χ0v) is 11.9. The third kappa shape index (κ3) is 3.43. The van der Waals surface area contributed by atoms with E-state index in [0.717, 1.165) is 12.8 Å². The summed E-state index contributed by atoms with van der Waals surface area (Å²) in [5.74, 6) is 2.38. The van der Waals surface area contributed by atoms with Crippen LogP contribution in [0.15, 0.2) is 30.3 Å². The Morgan fingerprint density at radius 2 is 1.88 bits per heavy atom. The van der Waals surface area contributed by atoms with Gasteiger partial charge in [-0.1, -0.05) is 37.3 Å². The molecule has 94 valence electrons. The number of hydrogen-bond acceptors (Lipinski definition) is 3. The quantitative estimate of drug-likeness (QED) is 0.901. The van der Waals surface area contributed by atoms with E-state index >= 15 is 0 Å². The van der Waals surface area contributed by atoms with E-state index < -0.39 is 5.60 Å². The van der Waals surface area contributed by atoms with Gasteiger partial charge in [-0.05, 0) is 29.9 Å². The normalized spacial score (nSPS) is 21.1. The van der Waals surface area contributed by atoms with E-state index in [1.165, 1.54) is 23.5 Å². The Morgan fingerprint density at radius 1 is 1.24 bits per heavy atom. The van der Waals surface area contributed by atoms with Gasteiger partial charge in [0.15, 0.2) is 0 Å². The summed E-state index contributed by atoms with van der Waals surface area (Å²) in [6.45, 7) is 2.10. The minimum atomic E-state index is -0.558. The summed E-state index contributed by atoms with van der Waals surface area (Å²) >= 11 is 3.85. The van der Waals surface area contributed by atoms with Crippen molar-refractivity contribution in [1.29, 1.82) is 0 Å². The van der Waals surface area contributed by atoms with Crippen LogP contribution in [0.1, 0.15) is 25.3 Å². The van der Waals surface area contributed by atoms with Crippen molar-refractivity contribution in [2.75, 3.05) is 11.5 Å². The summed E-state index contributed by atoms with van der Waals surface area (Å²) < 4.78 is 0.335. The summed E-state index contributed by atoms with van der Waals surface area (Å²) in [4.78, 5) is 0. The molecule has 0 aromatic heterocycles. The summed E-state index contributed by atoms with van der Waals surface area (Å²) in [6, 6.07) is 10.3. The lowest BCUT2D eigenvalue weighted by Gasteiger charge is -2.37. The first-order valence-electron chi connectivity index (χ1n) is 6.24. The van der Waals surface area contributed by atoms with E-state index in [9.17, 15) is 5.11 Å². The lowest BCUT2D eigenvalue weighted by Crippen LogP contribution is -2.41. The molecule has 1 unspecified atom stereocenters. The molecular formula is C14H20OS2. The third-order valence-corrected chi connectivity index (χ3v) is 6.58. The highest BCUT2D eigenvalue weighted by atomic mass is 32.2. The van der Waals surface area contributed by atoms with Crippen LogP contribution in [0.4, 0.5) is 0 Å². The second-order valence-corrected chi connectivity index (χ2v) is 7.27. The molecule has 1 heterocycles. The molecule has 1 aromatic carbocycles. The lowest BCUT2D eigenvalue weighted by molar-refractivity contribution is 0.0535. The molecule has 3 heteroatoms. The molecule has 1 saturated heterocycles. The maximum Gasteiger partial charge on any atom is 0.0894 e. The van der Waals surface area contributed by atoms with Crippen molar-refractivity contribution in [2.24, 2.45) is 0 Å². The van der Waals surface area contributed by atoms with Crippen LogP contribution in [0.3, 0.4) is 0 Å². The minimum Gasteiger partial charge on any atom is -0.388 e. The molecule has 1 nitrogen and oxygen atoms in total. The first kappa shape index (κ1) is 13.3. The van der Waals surface area contributed by atoms with Crippen LogP contribution in [-0.2, 0) is 6.42 Å². The van der Waals surface area contributed by atoms with Gasteiger partial charge < -0.3 is 5.11 Å². The highest BCUT2D eigenvalue weighted by molar-refractivity contribution is 8.17. The summed E-state index contributed by atoms with van der Waals surface area (Å²) in [7, 11) is 0. The number of rotatable bonds is 4. The Morgan fingerprint density at radius 3 is 2.47 bits per heavy atom. The zero-order valence-electron chi connectivity index (χ0n) is 10.3. The molecule has 1 atom stereocenters. The highest BCUT2D eigenvalue weighted by Gasteiger charge is 2.37. The van der Waals surface area contributed by atoms with Gasteiger partial charge in [0.25, 0.3) is 0 Å². The van der Waals surface area contributed by atoms with Crippen LogP contribution in [0, 0.1) is 0 Å². The minimum absolute atomic E-state index is 0.335. The van der Waals surface area contributed by atoms with E-state index in [0.29, 0.717) is 4.58 Å². The van der Waals surface area contributed by atoms with Gasteiger partial charge in [0.05, 0.1) is 10.2 Å². The molecule has 1 aromatic rings. The van der Waals surface area contributed by atoms with Gasteiger partial charge in [0.2, 0.25) is 0 Å². The molecule has 0 radical (unpaired) electrons. The SMILES string of the molecule is CCC(O)(Cc1ccccc1)C1SCCCS1. The van der Waals surface area contributed by atoms with Crippen molar-refractivity contribution < 1.29 is 5.11 Å². The van der Waals surface area contributed by atoms with E-state index in [-0.39, 0.29) is 0 Å². The fraction of sp³-hybridized carbons (Fsp3) is 0.571. The molecule has 0 spiro atoms. The molecule has 17 heavy (non-hydrogen) atoms. The van der Waals surface area contributed by atoms with Crippen LogP contribution in [0.25, 0.3) is 0 Å². The molecule has 2 rings (SSSR count). The van der Waals surface area contributed by atoms with Crippen molar-refractivity contribution in [1.82, 2.24) is 0 Å². The molecule has 0 amide bonds. The van der Waals surface area contributed by atoms with Crippen molar-refractivity contribution in [3.8, 4) is 0 Å². The van der Waals surface area contributed by atoms with E-state index in [4.69, 9.17) is 0 Å². The predicted molar refractivity (Wildman–Crippen MR) is 78.7 cm³/mol. The number of benzene rings is 1. The summed E-state index contributed by atoms with van der Waals surface area (Å²) in [5.41, 5.74) is 0.681. The first-order valence-corrected chi connectivity index (χ1v) is 8.34. The average Bonchev–Trinajstić information content (AvgIpc) is 2.41. The Hall–Kier alpha value is -0.120. The topological polar surface area (TPSA) is 20.2 Å². The van der Waals surface area contributed by atoms with Crippen molar-refractivity contribution >= 4 is 23.5 Å². The van der Waals surface area contributed by atoms with Crippen LogP contribution < -0.4 is 0 Å². The Kier molecular flexibility index (Phi) is 4.83. The molecular weight excluding hydrogens is 248 g/mol. The fourth-order valence-electron chi connectivity index (χ4n) is 2.12. The molecule has 1 fully saturated rings. The van der Waals surface area contributed by atoms with Gasteiger partial charge >= 0.3 is 0 Å². The fourth-order valence-corrected chi connectivity index (χ4v) is 5.44. The van der Waals surface area contributed by atoms with Crippen molar-refractivity contribution in [3.05, 3.63) is 35.9 Å². The van der Waals surface area contributed by atoms with Crippen molar-refractivity contribution in [3.63, 3.8) is 0 Å². The van der Waals surface area contributed by atoms with Gasteiger partial charge in [-0.2, -0.15) is 0 Å². The smallest absolute Gasteiger partial charge is 0.0894 e. The van der Waals surface area contributed by atoms with Crippen LogP contribution in [0.5, 0.6) is 0 Å². The lowest BCUT2D eigenvalue weighted by atomic mass is 9.93. The second-order valence-electron chi connectivity index (χ2n) is 4.55. The van der Waals surface area contributed by atoms with Crippen LogP contribution in [-0.4, -0.2) is 26.8 Å². The van der Waals surface area contributed by atoms with Gasteiger partial charge in [-0.3, -0.25) is 0 Å². The Bertz CT molecular complexity index is 335. The van der Waals surface area contributed by atoms with Gasteiger partial charge in [-0.15, -0.1) is 23.5 Å². The largest absolute Gasteiger partial charge is 0.388 e. The summed E-state index contributed by atoms with van der Waals surface area (Å²) in [6.07, 6.45) is 2.87.